The zero-order valence-electron chi connectivity index (χ0n) is 10.3. The molecule has 2 aromatic heterocycles. The van der Waals surface area contributed by atoms with Crippen molar-refractivity contribution in [2.45, 2.75) is 37.6 Å². The summed E-state index contributed by atoms with van der Waals surface area (Å²) in [5, 5.41) is 3.20. The standard InChI is InChI=1S/C14H17N3S/c15-14(6-2-1-3-7-14)13-17-12(10-18-13)11-4-8-16-9-5-11/h4-5,8-10H,1-3,6-7,15H2. The van der Waals surface area contributed by atoms with Gasteiger partial charge < -0.3 is 5.73 Å². The minimum atomic E-state index is -0.186. The number of hydrogen-bond acceptors (Lipinski definition) is 4. The molecule has 1 fully saturated rings. The Bertz CT molecular complexity index is 515. The highest BCUT2D eigenvalue weighted by Gasteiger charge is 2.32. The van der Waals surface area contributed by atoms with Gasteiger partial charge in [0, 0.05) is 23.3 Å². The molecule has 3 rings (SSSR count). The van der Waals surface area contributed by atoms with E-state index in [0.29, 0.717) is 0 Å². The van der Waals surface area contributed by atoms with Gasteiger partial charge in [0.05, 0.1) is 11.2 Å². The number of thiazole rings is 1. The van der Waals surface area contributed by atoms with Gasteiger partial charge >= 0.3 is 0 Å². The molecular weight excluding hydrogens is 242 g/mol. The van der Waals surface area contributed by atoms with Crippen molar-refractivity contribution in [3.05, 3.63) is 34.9 Å². The highest BCUT2D eigenvalue weighted by Crippen LogP contribution is 2.37. The number of nitrogens with zero attached hydrogens (tertiary/aromatic N) is 2. The molecule has 0 radical (unpaired) electrons. The van der Waals surface area contributed by atoms with Crippen LogP contribution in [0.2, 0.25) is 0 Å². The second-order valence-corrected chi connectivity index (χ2v) is 5.85. The van der Waals surface area contributed by atoms with E-state index in [1.54, 1.807) is 23.7 Å². The van der Waals surface area contributed by atoms with Crippen molar-refractivity contribution in [3.63, 3.8) is 0 Å². The first kappa shape index (κ1) is 11.8. The van der Waals surface area contributed by atoms with Crippen LogP contribution >= 0.6 is 11.3 Å². The highest BCUT2D eigenvalue weighted by atomic mass is 32.1. The first-order chi connectivity index (χ1) is 8.78. The summed E-state index contributed by atoms with van der Waals surface area (Å²) in [6.07, 6.45) is 9.48. The molecule has 4 heteroatoms. The molecule has 0 atom stereocenters. The van der Waals surface area contributed by atoms with E-state index in [1.165, 1.54) is 19.3 Å². The van der Waals surface area contributed by atoms with Crippen LogP contribution in [0.25, 0.3) is 11.3 Å². The lowest BCUT2D eigenvalue weighted by Gasteiger charge is -2.31. The molecule has 2 aromatic rings. The fourth-order valence-electron chi connectivity index (χ4n) is 2.55. The Hall–Kier alpha value is -1.26. The molecule has 0 aliphatic heterocycles. The van der Waals surface area contributed by atoms with Crippen molar-refractivity contribution < 1.29 is 0 Å². The van der Waals surface area contributed by atoms with Gasteiger partial charge in [0.15, 0.2) is 0 Å². The van der Waals surface area contributed by atoms with Crippen molar-refractivity contribution in [3.8, 4) is 11.3 Å². The van der Waals surface area contributed by atoms with Crippen LogP contribution in [-0.2, 0) is 5.54 Å². The molecule has 0 unspecified atom stereocenters. The molecule has 3 nitrogen and oxygen atoms in total. The summed E-state index contributed by atoms with van der Waals surface area (Å²) >= 11 is 1.69. The zero-order valence-corrected chi connectivity index (χ0v) is 11.1. The van der Waals surface area contributed by atoms with Gasteiger partial charge in [-0.3, -0.25) is 4.98 Å². The van der Waals surface area contributed by atoms with Gasteiger partial charge in [0.1, 0.15) is 5.01 Å². The van der Waals surface area contributed by atoms with Gasteiger partial charge in [0.2, 0.25) is 0 Å². The molecular formula is C14H17N3S. The van der Waals surface area contributed by atoms with Crippen molar-refractivity contribution in [2.75, 3.05) is 0 Å². The van der Waals surface area contributed by atoms with Crippen LogP contribution < -0.4 is 5.73 Å². The first-order valence-electron chi connectivity index (χ1n) is 6.43. The maximum atomic E-state index is 6.51. The lowest BCUT2D eigenvalue weighted by atomic mass is 9.83. The van der Waals surface area contributed by atoms with E-state index in [0.717, 1.165) is 29.1 Å². The highest BCUT2D eigenvalue weighted by molar-refractivity contribution is 7.10. The third-order valence-corrected chi connectivity index (χ3v) is 4.71. The fraction of sp³-hybridized carbons (Fsp3) is 0.429. The average Bonchev–Trinajstić information content (AvgIpc) is 2.91. The van der Waals surface area contributed by atoms with Gasteiger partial charge in [-0.25, -0.2) is 4.98 Å². The summed E-state index contributed by atoms with van der Waals surface area (Å²) in [6, 6.07) is 3.98. The van der Waals surface area contributed by atoms with E-state index in [1.807, 2.05) is 12.1 Å². The van der Waals surface area contributed by atoms with Gasteiger partial charge in [0.25, 0.3) is 0 Å². The Morgan fingerprint density at radius 3 is 2.56 bits per heavy atom. The Kier molecular flexibility index (Phi) is 3.14. The summed E-state index contributed by atoms with van der Waals surface area (Å²) in [5.74, 6) is 0. The van der Waals surface area contributed by atoms with E-state index in [-0.39, 0.29) is 5.54 Å². The van der Waals surface area contributed by atoms with Crippen LogP contribution in [0.5, 0.6) is 0 Å². The molecule has 18 heavy (non-hydrogen) atoms. The van der Waals surface area contributed by atoms with Crippen LogP contribution in [0, 0.1) is 0 Å². The summed E-state index contributed by atoms with van der Waals surface area (Å²) in [6.45, 7) is 0. The van der Waals surface area contributed by atoms with E-state index in [2.05, 4.69) is 10.4 Å². The topological polar surface area (TPSA) is 51.8 Å². The predicted molar refractivity (Wildman–Crippen MR) is 74.3 cm³/mol. The van der Waals surface area contributed by atoms with Gasteiger partial charge in [-0.05, 0) is 25.0 Å². The molecule has 2 N–H and O–H groups in total. The van der Waals surface area contributed by atoms with E-state index in [9.17, 15) is 0 Å². The normalized spacial score (nSPS) is 18.7. The number of aromatic nitrogens is 2. The average molecular weight is 259 g/mol. The monoisotopic (exact) mass is 259 g/mol. The maximum absolute atomic E-state index is 6.51. The lowest BCUT2D eigenvalue weighted by molar-refractivity contribution is 0.301. The Morgan fingerprint density at radius 2 is 1.83 bits per heavy atom. The zero-order chi connectivity index (χ0) is 12.4. The van der Waals surface area contributed by atoms with E-state index < -0.39 is 0 Å². The van der Waals surface area contributed by atoms with E-state index in [4.69, 9.17) is 10.7 Å². The Labute approximate surface area is 111 Å². The lowest BCUT2D eigenvalue weighted by Crippen LogP contribution is -2.38. The largest absolute Gasteiger partial charge is 0.319 e. The molecule has 2 heterocycles. The molecule has 0 amide bonds. The van der Waals surface area contributed by atoms with Gasteiger partial charge in [-0.15, -0.1) is 11.3 Å². The van der Waals surface area contributed by atoms with Crippen LogP contribution in [-0.4, -0.2) is 9.97 Å². The van der Waals surface area contributed by atoms with Crippen molar-refractivity contribution in [1.29, 1.82) is 0 Å². The minimum Gasteiger partial charge on any atom is -0.319 e. The quantitative estimate of drug-likeness (QED) is 0.900. The molecule has 1 saturated carbocycles. The smallest absolute Gasteiger partial charge is 0.113 e. The van der Waals surface area contributed by atoms with Gasteiger partial charge in [-0.1, -0.05) is 19.3 Å². The fourth-order valence-corrected chi connectivity index (χ4v) is 3.56. The molecule has 0 saturated heterocycles. The number of rotatable bonds is 2. The van der Waals surface area contributed by atoms with E-state index >= 15 is 0 Å². The SMILES string of the molecule is NC1(c2nc(-c3ccncc3)cs2)CCCCC1. The number of nitrogens with two attached hydrogens (primary N) is 1. The second kappa shape index (κ2) is 4.78. The Morgan fingerprint density at radius 1 is 1.11 bits per heavy atom. The molecule has 1 aliphatic carbocycles. The molecule has 94 valence electrons. The van der Waals surface area contributed by atoms with Crippen molar-refractivity contribution >= 4 is 11.3 Å². The van der Waals surface area contributed by atoms with Crippen LogP contribution in [0.3, 0.4) is 0 Å². The second-order valence-electron chi connectivity index (χ2n) is 4.99. The third kappa shape index (κ3) is 2.18. The van der Waals surface area contributed by atoms with Gasteiger partial charge in [-0.2, -0.15) is 0 Å². The van der Waals surface area contributed by atoms with Crippen molar-refractivity contribution in [2.24, 2.45) is 5.73 Å². The molecule has 0 bridgehead atoms. The van der Waals surface area contributed by atoms with Crippen molar-refractivity contribution in [1.82, 2.24) is 9.97 Å². The third-order valence-electron chi connectivity index (χ3n) is 3.65. The molecule has 1 aliphatic rings. The summed E-state index contributed by atoms with van der Waals surface area (Å²) in [5.41, 5.74) is 8.46. The summed E-state index contributed by atoms with van der Waals surface area (Å²) in [4.78, 5) is 8.77. The summed E-state index contributed by atoms with van der Waals surface area (Å²) < 4.78 is 0. The molecule has 0 spiro atoms. The maximum Gasteiger partial charge on any atom is 0.113 e. The molecule has 0 aromatic carbocycles. The minimum absolute atomic E-state index is 0.186. The summed E-state index contributed by atoms with van der Waals surface area (Å²) in [7, 11) is 0. The van der Waals surface area contributed by atoms with Crippen LogP contribution in [0.4, 0.5) is 0 Å². The van der Waals surface area contributed by atoms with Crippen LogP contribution in [0.1, 0.15) is 37.1 Å². The first-order valence-corrected chi connectivity index (χ1v) is 7.31. The Balaban J connectivity index is 1.89. The number of hydrogen-bond donors (Lipinski definition) is 1. The van der Waals surface area contributed by atoms with Crippen LogP contribution in [0.15, 0.2) is 29.9 Å². The predicted octanol–water partition coefficient (Wildman–Crippen LogP) is 3.32. The number of pyridine rings is 1.